The molecule has 0 atom stereocenters. The lowest BCUT2D eigenvalue weighted by molar-refractivity contribution is 0.0240. The van der Waals surface area contributed by atoms with Crippen LogP contribution < -0.4 is 15.0 Å². The van der Waals surface area contributed by atoms with Crippen molar-refractivity contribution >= 4 is 17.9 Å². The van der Waals surface area contributed by atoms with Crippen LogP contribution in [0.3, 0.4) is 0 Å². The first kappa shape index (κ1) is 24.2. The number of ether oxygens (including phenoxy) is 2. The number of nitrogens with zero attached hydrogens (tertiary/aromatic N) is 4. The highest BCUT2D eigenvalue weighted by molar-refractivity contribution is 5.94. The van der Waals surface area contributed by atoms with E-state index in [0.717, 1.165) is 5.56 Å². The Bertz CT molecular complexity index is 920. The third-order valence-electron chi connectivity index (χ3n) is 4.85. The summed E-state index contributed by atoms with van der Waals surface area (Å²) in [5.41, 5.74) is 0.909. The lowest BCUT2D eigenvalue weighted by Crippen LogP contribution is -2.50. The number of hydrogen-bond acceptors (Lipinski definition) is 8. The monoisotopic (exact) mass is 457 g/mol. The zero-order valence-corrected chi connectivity index (χ0v) is 19.3. The minimum Gasteiger partial charge on any atom is -0.486 e. The lowest BCUT2D eigenvalue weighted by atomic mass is 10.1. The lowest BCUT2D eigenvalue weighted by Gasteiger charge is -2.35. The standard InChI is InChI=1S/C23H31N5O5/c1-23(2,3)33-22(31)28-11-9-27(10-12-28)21-25-14-19(15-26-21)32-16-17-4-6-18(7-5-17)20(30)24-8-13-29/h4-7,14-15,29H,8-13,16H2,1-3H3,(H,24,30). The highest BCUT2D eigenvalue weighted by Gasteiger charge is 2.26. The van der Waals surface area contributed by atoms with Crippen molar-refractivity contribution in [3.05, 3.63) is 47.8 Å². The number of amides is 2. The van der Waals surface area contributed by atoms with E-state index < -0.39 is 5.60 Å². The number of carbonyl (C=O) groups is 2. The number of carbonyl (C=O) groups excluding carboxylic acids is 2. The highest BCUT2D eigenvalue weighted by Crippen LogP contribution is 2.17. The fraction of sp³-hybridized carbons (Fsp3) is 0.478. The molecule has 10 nitrogen and oxygen atoms in total. The molecular weight excluding hydrogens is 426 g/mol. The maximum absolute atomic E-state index is 12.2. The average Bonchev–Trinajstić information content (AvgIpc) is 2.81. The van der Waals surface area contributed by atoms with Crippen LogP contribution >= 0.6 is 0 Å². The van der Waals surface area contributed by atoms with E-state index in [1.54, 1.807) is 29.4 Å². The maximum Gasteiger partial charge on any atom is 0.410 e. The summed E-state index contributed by atoms with van der Waals surface area (Å²) in [6.07, 6.45) is 2.95. The molecule has 33 heavy (non-hydrogen) atoms. The Morgan fingerprint density at radius 1 is 1.06 bits per heavy atom. The van der Waals surface area contributed by atoms with Crippen molar-refractivity contribution in [1.82, 2.24) is 20.2 Å². The Hall–Kier alpha value is -3.40. The molecule has 0 radical (unpaired) electrons. The summed E-state index contributed by atoms with van der Waals surface area (Å²) in [5.74, 6) is 0.896. The van der Waals surface area contributed by atoms with E-state index in [2.05, 4.69) is 15.3 Å². The molecule has 1 saturated heterocycles. The molecule has 3 rings (SSSR count). The zero-order valence-electron chi connectivity index (χ0n) is 19.3. The number of aliphatic hydroxyl groups excluding tert-OH is 1. The van der Waals surface area contributed by atoms with Crippen molar-refractivity contribution in [3.8, 4) is 5.75 Å². The van der Waals surface area contributed by atoms with Gasteiger partial charge < -0.3 is 29.7 Å². The van der Waals surface area contributed by atoms with Gasteiger partial charge in [-0.2, -0.15) is 0 Å². The Morgan fingerprint density at radius 2 is 1.70 bits per heavy atom. The summed E-state index contributed by atoms with van der Waals surface area (Å²) in [7, 11) is 0. The smallest absolute Gasteiger partial charge is 0.410 e. The molecule has 0 spiro atoms. The summed E-state index contributed by atoms with van der Waals surface area (Å²) in [6, 6.07) is 7.05. The molecule has 1 aromatic carbocycles. The molecule has 2 amide bonds. The van der Waals surface area contributed by atoms with Gasteiger partial charge in [-0.3, -0.25) is 4.79 Å². The summed E-state index contributed by atoms with van der Waals surface area (Å²) < 4.78 is 11.2. The Balaban J connectivity index is 1.46. The quantitative estimate of drug-likeness (QED) is 0.647. The summed E-state index contributed by atoms with van der Waals surface area (Å²) >= 11 is 0. The largest absolute Gasteiger partial charge is 0.486 e. The van der Waals surface area contributed by atoms with Gasteiger partial charge in [-0.25, -0.2) is 14.8 Å². The van der Waals surface area contributed by atoms with E-state index in [9.17, 15) is 9.59 Å². The molecule has 178 valence electrons. The van der Waals surface area contributed by atoms with Crippen LogP contribution in [0.15, 0.2) is 36.7 Å². The number of hydrogen-bond donors (Lipinski definition) is 2. The SMILES string of the molecule is CC(C)(C)OC(=O)N1CCN(c2ncc(OCc3ccc(C(=O)NCCO)cc3)cn2)CC1. The number of piperazine rings is 1. The molecule has 0 bridgehead atoms. The van der Waals surface area contributed by atoms with Gasteiger partial charge in [0.2, 0.25) is 5.95 Å². The van der Waals surface area contributed by atoms with Gasteiger partial charge in [0, 0.05) is 38.3 Å². The second-order valence-corrected chi connectivity index (χ2v) is 8.64. The normalized spacial score (nSPS) is 14.1. The van der Waals surface area contributed by atoms with E-state index >= 15 is 0 Å². The molecule has 0 saturated carbocycles. The van der Waals surface area contributed by atoms with E-state index in [0.29, 0.717) is 50.0 Å². The van der Waals surface area contributed by atoms with Crippen molar-refractivity contribution in [2.45, 2.75) is 33.0 Å². The van der Waals surface area contributed by atoms with Crippen LogP contribution in [0.1, 0.15) is 36.7 Å². The van der Waals surface area contributed by atoms with Crippen LogP contribution in [0, 0.1) is 0 Å². The molecule has 2 heterocycles. The van der Waals surface area contributed by atoms with E-state index in [-0.39, 0.29) is 25.2 Å². The summed E-state index contributed by atoms with van der Waals surface area (Å²) in [6.45, 7) is 8.34. The molecular formula is C23H31N5O5. The number of rotatable bonds is 7. The zero-order chi connectivity index (χ0) is 23.8. The van der Waals surface area contributed by atoms with Gasteiger partial charge in [0.1, 0.15) is 12.2 Å². The van der Waals surface area contributed by atoms with Crippen molar-refractivity contribution in [2.75, 3.05) is 44.2 Å². The maximum atomic E-state index is 12.2. The fourth-order valence-electron chi connectivity index (χ4n) is 3.15. The van der Waals surface area contributed by atoms with Crippen molar-refractivity contribution in [2.24, 2.45) is 0 Å². The third kappa shape index (κ3) is 7.31. The minimum atomic E-state index is -0.510. The number of anilines is 1. The average molecular weight is 458 g/mol. The van der Waals surface area contributed by atoms with Crippen LogP contribution in [0.2, 0.25) is 0 Å². The Morgan fingerprint density at radius 3 is 2.27 bits per heavy atom. The first-order valence-electron chi connectivity index (χ1n) is 10.9. The van der Waals surface area contributed by atoms with Crippen molar-refractivity contribution in [1.29, 1.82) is 0 Å². The third-order valence-corrected chi connectivity index (χ3v) is 4.85. The van der Waals surface area contributed by atoms with Crippen LogP contribution in [0.25, 0.3) is 0 Å². The molecule has 1 aliphatic heterocycles. The molecule has 2 N–H and O–H groups in total. The molecule has 1 fully saturated rings. The summed E-state index contributed by atoms with van der Waals surface area (Å²) in [4.78, 5) is 36.6. The number of aromatic nitrogens is 2. The second kappa shape index (κ2) is 11.0. The van der Waals surface area contributed by atoms with E-state index in [4.69, 9.17) is 14.6 Å². The van der Waals surface area contributed by atoms with Gasteiger partial charge in [-0.15, -0.1) is 0 Å². The fourth-order valence-corrected chi connectivity index (χ4v) is 3.15. The van der Waals surface area contributed by atoms with E-state index in [1.165, 1.54) is 0 Å². The van der Waals surface area contributed by atoms with Gasteiger partial charge in [0.15, 0.2) is 5.75 Å². The van der Waals surface area contributed by atoms with Crippen molar-refractivity contribution < 1.29 is 24.2 Å². The molecule has 2 aromatic rings. The molecule has 0 aliphatic carbocycles. The Labute approximate surface area is 193 Å². The minimum absolute atomic E-state index is 0.0964. The highest BCUT2D eigenvalue weighted by atomic mass is 16.6. The van der Waals surface area contributed by atoms with Gasteiger partial charge in [-0.1, -0.05) is 12.1 Å². The Kier molecular flexibility index (Phi) is 8.05. The summed E-state index contributed by atoms with van der Waals surface area (Å²) in [5, 5.41) is 11.4. The van der Waals surface area contributed by atoms with Crippen LogP contribution in [0.5, 0.6) is 5.75 Å². The topological polar surface area (TPSA) is 117 Å². The van der Waals surface area contributed by atoms with Gasteiger partial charge in [-0.05, 0) is 38.5 Å². The van der Waals surface area contributed by atoms with Crippen molar-refractivity contribution in [3.63, 3.8) is 0 Å². The first-order valence-corrected chi connectivity index (χ1v) is 10.9. The first-order chi connectivity index (χ1) is 15.7. The van der Waals surface area contributed by atoms with Crippen LogP contribution in [-0.2, 0) is 11.3 Å². The second-order valence-electron chi connectivity index (χ2n) is 8.64. The number of nitrogens with one attached hydrogen (secondary N) is 1. The van der Waals surface area contributed by atoms with Crippen LogP contribution in [-0.4, -0.2) is 76.9 Å². The molecule has 1 aromatic heterocycles. The van der Waals surface area contributed by atoms with Crippen LogP contribution in [0.4, 0.5) is 10.7 Å². The predicted octanol–water partition coefficient (Wildman–Crippen LogP) is 1.83. The number of benzene rings is 1. The molecule has 1 aliphatic rings. The molecule has 10 heteroatoms. The van der Waals surface area contributed by atoms with Gasteiger partial charge in [0.25, 0.3) is 5.91 Å². The van der Waals surface area contributed by atoms with Gasteiger partial charge >= 0.3 is 6.09 Å². The van der Waals surface area contributed by atoms with Gasteiger partial charge in [0.05, 0.1) is 19.0 Å². The number of aliphatic hydroxyl groups is 1. The molecule has 0 unspecified atom stereocenters. The van der Waals surface area contributed by atoms with E-state index in [1.807, 2.05) is 37.8 Å². The predicted molar refractivity (Wildman–Crippen MR) is 122 cm³/mol.